The van der Waals surface area contributed by atoms with E-state index in [9.17, 15) is 4.79 Å². The van der Waals surface area contributed by atoms with E-state index in [1.54, 1.807) is 0 Å². The van der Waals surface area contributed by atoms with Crippen molar-refractivity contribution in [3.63, 3.8) is 0 Å². The summed E-state index contributed by atoms with van der Waals surface area (Å²) in [6.45, 7) is 11.8. The van der Waals surface area contributed by atoms with Gasteiger partial charge in [0, 0.05) is 0 Å². The van der Waals surface area contributed by atoms with Crippen molar-refractivity contribution < 1.29 is 18.7 Å². The zero-order valence-corrected chi connectivity index (χ0v) is 16.7. The molecule has 0 saturated heterocycles. The fourth-order valence-electron chi connectivity index (χ4n) is 2.07. The van der Waals surface area contributed by atoms with Crippen LogP contribution in [0.3, 0.4) is 0 Å². The number of alkyl carbamates (subject to hydrolysis) is 1. The number of benzene rings is 1. The molecule has 1 aliphatic rings. The van der Waals surface area contributed by atoms with E-state index in [2.05, 4.69) is 39.2 Å². The van der Waals surface area contributed by atoms with Crippen LogP contribution in [-0.4, -0.2) is 33.3 Å². The lowest BCUT2D eigenvalue weighted by molar-refractivity contribution is 0.0117. The summed E-state index contributed by atoms with van der Waals surface area (Å²) >= 11 is 0. The Kier molecular flexibility index (Phi) is 6.43. The van der Waals surface area contributed by atoms with Crippen molar-refractivity contribution in [1.29, 1.82) is 0 Å². The van der Waals surface area contributed by atoms with Gasteiger partial charge in [-0.25, -0.2) is 4.79 Å². The molecule has 0 radical (unpaired) electrons. The van der Waals surface area contributed by atoms with E-state index in [4.69, 9.17) is 13.9 Å². The van der Waals surface area contributed by atoms with Gasteiger partial charge in [-0.15, -0.1) is 0 Å². The minimum atomic E-state index is -1.80. The van der Waals surface area contributed by atoms with E-state index in [-0.39, 0.29) is 17.7 Å². The second kappa shape index (κ2) is 8.16. The van der Waals surface area contributed by atoms with E-state index in [0.717, 1.165) is 5.56 Å². The molecule has 2 atom stereocenters. The van der Waals surface area contributed by atoms with Crippen molar-refractivity contribution >= 4 is 14.4 Å². The van der Waals surface area contributed by atoms with Crippen molar-refractivity contribution in [2.75, 3.05) is 6.61 Å². The number of nitrogens with one attached hydrogen (secondary N) is 1. The normalized spacial score (nSPS) is 20.5. The monoisotopic (exact) mass is 363 g/mol. The predicted octanol–water partition coefficient (Wildman–Crippen LogP) is 4.22. The van der Waals surface area contributed by atoms with Crippen molar-refractivity contribution in [3.05, 3.63) is 48.0 Å². The molecule has 0 spiro atoms. The van der Waals surface area contributed by atoms with Crippen LogP contribution in [0.2, 0.25) is 18.1 Å². The van der Waals surface area contributed by atoms with Crippen LogP contribution >= 0.6 is 0 Å². The topological polar surface area (TPSA) is 56.8 Å². The van der Waals surface area contributed by atoms with Crippen LogP contribution in [0.5, 0.6) is 0 Å². The molecule has 1 amide bonds. The van der Waals surface area contributed by atoms with Gasteiger partial charge >= 0.3 is 6.09 Å². The first kappa shape index (κ1) is 19.7. The third-order valence-electron chi connectivity index (χ3n) is 4.71. The van der Waals surface area contributed by atoms with Crippen molar-refractivity contribution in [2.24, 2.45) is 0 Å². The number of hydrogen-bond acceptors (Lipinski definition) is 4. The summed E-state index contributed by atoms with van der Waals surface area (Å²) in [6.07, 6.45) is 2.63. The minimum Gasteiger partial charge on any atom is -0.445 e. The van der Waals surface area contributed by atoms with Gasteiger partial charge in [-0.3, -0.25) is 5.32 Å². The first-order valence-electron chi connectivity index (χ1n) is 8.62. The Hall–Kier alpha value is -1.63. The van der Waals surface area contributed by atoms with Gasteiger partial charge in [0.2, 0.25) is 0 Å². The molecule has 1 aliphatic heterocycles. The maximum absolute atomic E-state index is 11.9. The van der Waals surface area contributed by atoms with E-state index in [1.165, 1.54) is 0 Å². The average Bonchev–Trinajstić information content (AvgIpc) is 2.98. The highest BCUT2D eigenvalue weighted by molar-refractivity contribution is 6.74. The third-order valence-corrected chi connectivity index (χ3v) is 9.21. The lowest BCUT2D eigenvalue weighted by atomic mass is 10.2. The summed E-state index contributed by atoms with van der Waals surface area (Å²) in [5.74, 6) is 0. The fourth-order valence-corrected chi connectivity index (χ4v) is 3.08. The van der Waals surface area contributed by atoms with Crippen LogP contribution in [0.25, 0.3) is 0 Å². The Morgan fingerprint density at radius 3 is 2.52 bits per heavy atom. The number of ether oxygens (including phenoxy) is 2. The minimum absolute atomic E-state index is 0.145. The Morgan fingerprint density at radius 2 is 1.88 bits per heavy atom. The highest BCUT2D eigenvalue weighted by Gasteiger charge is 2.38. The highest BCUT2D eigenvalue weighted by atomic mass is 28.4. The molecule has 2 unspecified atom stereocenters. The first-order valence-corrected chi connectivity index (χ1v) is 11.5. The summed E-state index contributed by atoms with van der Waals surface area (Å²) < 4.78 is 17.1. The summed E-state index contributed by atoms with van der Waals surface area (Å²) in [7, 11) is -1.80. The largest absolute Gasteiger partial charge is 0.445 e. The SMILES string of the molecule is CC(C)(C)[Si](C)(C)OCC1C=CC(NC(=O)OCc2ccccc2)O1. The standard InChI is InChI=1S/C19H29NO4Si/c1-19(2,3)25(4,5)23-14-16-11-12-17(24-16)20-18(21)22-13-15-9-7-6-8-10-15/h6-12,16-17H,13-14H2,1-5H3,(H,20,21). The molecule has 25 heavy (non-hydrogen) atoms. The van der Waals surface area contributed by atoms with Crippen LogP contribution in [0.15, 0.2) is 42.5 Å². The van der Waals surface area contributed by atoms with Crippen molar-refractivity contribution in [3.8, 4) is 0 Å². The van der Waals surface area contributed by atoms with Gasteiger partial charge in [0.05, 0.1) is 6.61 Å². The van der Waals surface area contributed by atoms with Gasteiger partial charge < -0.3 is 13.9 Å². The predicted molar refractivity (Wildman–Crippen MR) is 101 cm³/mol. The molecule has 0 fully saturated rings. The zero-order chi connectivity index (χ0) is 18.5. The molecule has 138 valence electrons. The third kappa shape index (κ3) is 5.99. The smallest absolute Gasteiger partial charge is 0.409 e. The van der Waals surface area contributed by atoms with Crippen molar-refractivity contribution in [1.82, 2.24) is 5.32 Å². The van der Waals surface area contributed by atoms with Crippen LogP contribution in [-0.2, 0) is 20.5 Å². The number of rotatable bonds is 6. The number of carbonyl (C=O) groups excluding carboxylic acids is 1. The molecule has 2 rings (SSSR count). The lowest BCUT2D eigenvalue weighted by Gasteiger charge is -2.36. The molecule has 0 aliphatic carbocycles. The van der Waals surface area contributed by atoms with Crippen LogP contribution < -0.4 is 5.32 Å². The Bertz CT molecular complexity index is 595. The number of carbonyl (C=O) groups is 1. The molecule has 0 bridgehead atoms. The molecule has 1 heterocycles. The van der Waals surface area contributed by atoms with E-state index in [0.29, 0.717) is 6.61 Å². The second-order valence-corrected chi connectivity index (χ2v) is 12.6. The van der Waals surface area contributed by atoms with Gasteiger partial charge in [0.15, 0.2) is 14.5 Å². The highest BCUT2D eigenvalue weighted by Crippen LogP contribution is 2.36. The first-order chi connectivity index (χ1) is 11.7. The van der Waals surface area contributed by atoms with E-state index in [1.807, 2.05) is 42.5 Å². The van der Waals surface area contributed by atoms with Crippen LogP contribution in [0.4, 0.5) is 4.79 Å². The average molecular weight is 364 g/mol. The quantitative estimate of drug-likeness (QED) is 0.607. The molecule has 0 saturated carbocycles. The van der Waals surface area contributed by atoms with Crippen LogP contribution in [0.1, 0.15) is 26.3 Å². The Balaban J connectivity index is 1.70. The maximum atomic E-state index is 11.9. The molecule has 1 aromatic carbocycles. The molecule has 0 aromatic heterocycles. The van der Waals surface area contributed by atoms with Gasteiger partial charge in [-0.05, 0) is 29.8 Å². The summed E-state index contributed by atoms with van der Waals surface area (Å²) in [4.78, 5) is 11.9. The summed E-state index contributed by atoms with van der Waals surface area (Å²) in [5.41, 5.74) is 0.946. The number of amides is 1. The fraction of sp³-hybridized carbons (Fsp3) is 0.526. The molecule has 1 N–H and O–H groups in total. The molecule has 1 aromatic rings. The maximum Gasteiger partial charge on any atom is 0.409 e. The van der Waals surface area contributed by atoms with Crippen molar-refractivity contribution in [2.45, 2.75) is 57.8 Å². The van der Waals surface area contributed by atoms with Gasteiger partial charge in [-0.1, -0.05) is 57.2 Å². The second-order valence-electron chi connectivity index (χ2n) is 7.76. The molecular weight excluding hydrogens is 334 g/mol. The summed E-state index contributed by atoms with van der Waals surface area (Å²) in [5, 5.41) is 2.85. The molecular formula is C19H29NO4Si. The van der Waals surface area contributed by atoms with Gasteiger partial charge in [0.25, 0.3) is 0 Å². The van der Waals surface area contributed by atoms with Gasteiger partial charge in [0.1, 0.15) is 12.7 Å². The molecule has 5 nitrogen and oxygen atoms in total. The number of hydrogen-bond donors (Lipinski definition) is 1. The molecule has 6 heteroatoms. The Morgan fingerprint density at radius 1 is 1.20 bits per heavy atom. The lowest BCUT2D eigenvalue weighted by Crippen LogP contribution is -2.43. The van der Waals surface area contributed by atoms with Gasteiger partial charge in [-0.2, -0.15) is 0 Å². The van der Waals surface area contributed by atoms with E-state index < -0.39 is 20.6 Å². The zero-order valence-electron chi connectivity index (χ0n) is 15.7. The van der Waals surface area contributed by atoms with E-state index >= 15 is 0 Å². The van der Waals surface area contributed by atoms with Crippen LogP contribution in [0, 0.1) is 0 Å². The summed E-state index contributed by atoms with van der Waals surface area (Å²) in [6, 6.07) is 9.56. The Labute approximate surface area is 151 Å².